The summed E-state index contributed by atoms with van der Waals surface area (Å²) in [7, 11) is 0. The second kappa shape index (κ2) is 6.46. The summed E-state index contributed by atoms with van der Waals surface area (Å²) < 4.78 is 17.2. The number of hydrogen-bond acceptors (Lipinski definition) is 4. The van der Waals surface area contributed by atoms with Gasteiger partial charge in [-0.25, -0.2) is 4.98 Å². The van der Waals surface area contributed by atoms with Crippen LogP contribution in [0.5, 0.6) is 5.88 Å². The maximum atomic E-state index is 5.78. The van der Waals surface area contributed by atoms with E-state index in [2.05, 4.69) is 18.8 Å². The fourth-order valence-electron chi connectivity index (χ4n) is 2.25. The Balaban J connectivity index is 1.56. The first-order valence-corrected chi connectivity index (χ1v) is 7.48. The van der Waals surface area contributed by atoms with Crippen LogP contribution in [0.3, 0.4) is 0 Å². The first kappa shape index (κ1) is 15.0. The SMILES string of the molecule is CC1(C)COC(c2ccc(COc3ccccn3)cc2)OC1. The molecule has 1 aromatic heterocycles. The van der Waals surface area contributed by atoms with E-state index in [1.807, 2.05) is 42.5 Å². The number of nitrogens with zero attached hydrogens (tertiary/aromatic N) is 1. The number of hydrogen-bond donors (Lipinski definition) is 0. The van der Waals surface area contributed by atoms with Gasteiger partial charge in [0.2, 0.25) is 5.88 Å². The quantitative estimate of drug-likeness (QED) is 0.862. The molecule has 2 aromatic rings. The van der Waals surface area contributed by atoms with E-state index in [9.17, 15) is 0 Å². The molecule has 0 bridgehead atoms. The zero-order valence-electron chi connectivity index (χ0n) is 13.0. The topological polar surface area (TPSA) is 40.6 Å². The Morgan fingerprint density at radius 1 is 1.09 bits per heavy atom. The molecule has 1 aliphatic rings. The lowest BCUT2D eigenvalue weighted by Crippen LogP contribution is -2.33. The average Bonchev–Trinajstić information content (AvgIpc) is 2.55. The van der Waals surface area contributed by atoms with Gasteiger partial charge in [0.1, 0.15) is 6.61 Å². The van der Waals surface area contributed by atoms with Gasteiger partial charge in [0.15, 0.2) is 6.29 Å². The summed E-state index contributed by atoms with van der Waals surface area (Å²) in [5.74, 6) is 0.632. The zero-order valence-corrected chi connectivity index (χ0v) is 13.0. The van der Waals surface area contributed by atoms with Crippen molar-refractivity contribution in [1.29, 1.82) is 0 Å². The van der Waals surface area contributed by atoms with E-state index in [-0.39, 0.29) is 11.7 Å². The molecular formula is C18H21NO3. The number of aromatic nitrogens is 1. The second-order valence-corrected chi connectivity index (χ2v) is 6.32. The van der Waals surface area contributed by atoms with Crippen LogP contribution in [0.15, 0.2) is 48.7 Å². The first-order valence-electron chi connectivity index (χ1n) is 7.48. The Hall–Kier alpha value is -1.91. The van der Waals surface area contributed by atoms with Crippen molar-refractivity contribution in [2.24, 2.45) is 5.41 Å². The van der Waals surface area contributed by atoms with Crippen LogP contribution in [-0.2, 0) is 16.1 Å². The molecule has 0 N–H and O–H groups in total. The zero-order chi connectivity index (χ0) is 15.4. The average molecular weight is 299 g/mol. The molecule has 4 nitrogen and oxygen atoms in total. The fraction of sp³-hybridized carbons (Fsp3) is 0.389. The van der Waals surface area contributed by atoms with Crippen molar-refractivity contribution in [2.45, 2.75) is 26.7 Å². The fourth-order valence-corrected chi connectivity index (χ4v) is 2.25. The van der Waals surface area contributed by atoms with E-state index in [1.165, 1.54) is 0 Å². The lowest BCUT2D eigenvalue weighted by molar-refractivity contribution is -0.226. The smallest absolute Gasteiger partial charge is 0.213 e. The van der Waals surface area contributed by atoms with Crippen LogP contribution in [0, 0.1) is 5.41 Å². The van der Waals surface area contributed by atoms with E-state index in [0.717, 1.165) is 11.1 Å². The molecule has 1 fully saturated rings. The number of pyridine rings is 1. The molecule has 1 aromatic carbocycles. The highest BCUT2D eigenvalue weighted by Crippen LogP contribution is 2.31. The molecule has 0 atom stereocenters. The normalized spacial score (nSPS) is 18.1. The molecule has 22 heavy (non-hydrogen) atoms. The van der Waals surface area contributed by atoms with Crippen molar-refractivity contribution < 1.29 is 14.2 Å². The van der Waals surface area contributed by atoms with E-state index in [4.69, 9.17) is 14.2 Å². The van der Waals surface area contributed by atoms with Gasteiger partial charge in [-0.05, 0) is 11.6 Å². The molecule has 116 valence electrons. The van der Waals surface area contributed by atoms with Gasteiger partial charge in [0.05, 0.1) is 13.2 Å². The third-order valence-electron chi connectivity index (χ3n) is 3.53. The van der Waals surface area contributed by atoms with Crippen molar-refractivity contribution in [3.8, 4) is 5.88 Å². The lowest BCUT2D eigenvalue weighted by Gasteiger charge is -2.34. The highest BCUT2D eigenvalue weighted by atomic mass is 16.7. The van der Waals surface area contributed by atoms with E-state index >= 15 is 0 Å². The highest BCUT2D eigenvalue weighted by Gasteiger charge is 2.29. The van der Waals surface area contributed by atoms with Crippen LogP contribution < -0.4 is 4.74 Å². The van der Waals surface area contributed by atoms with Crippen LogP contribution in [-0.4, -0.2) is 18.2 Å². The third kappa shape index (κ3) is 3.84. The summed E-state index contributed by atoms with van der Waals surface area (Å²) in [6, 6.07) is 13.7. The molecule has 0 amide bonds. The summed E-state index contributed by atoms with van der Waals surface area (Å²) in [5.41, 5.74) is 2.22. The van der Waals surface area contributed by atoms with Crippen molar-refractivity contribution in [3.05, 3.63) is 59.8 Å². The highest BCUT2D eigenvalue weighted by molar-refractivity contribution is 5.23. The monoisotopic (exact) mass is 299 g/mol. The van der Waals surface area contributed by atoms with E-state index in [0.29, 0.717) is 25.7 Å². The summed E-state index contributed by atoms with van der Waals surface area (Å²) in [6.07, 6.45) is 1.45. The third-order valence-corrected chi connectivity index (χ3v) is 3.53. The summed E-state index contributed by atoms with van der Waals surface area (Å²) in [5, 5.41) is 0. The molecular weight excluding hydrogens is 278 g/mol. The molecule has 0 saturated carbocycles. The molecule has 1 saturated heterocycles. The number of rotatable bonds is 4. The van der Waals surface area contributed by atoms with Crippen LogP contribution >= 0.6 is 0 Å². The maximum absolute atomic E-state index is 5.78. The van der Waals surface area contributed by atoms with Crippen molar-refractivity contribution in [3.63, 3.8) is 0 Å². The number of ether oxygens (including phenoxy) is 3. The second-order valence-electron chi connectivity index (χ2n) is 6.32. The Labute approximate surface area is 131 Å². The van der Waals surface area contributed by atoms with Gasteiger partial charge >= 0.3 is 0 Å². The van der Waals surface area contributed by atoms with Gasteiger partial charge in [-0.3, -0.25) is 0 Å². The molecule has 0 spiro atoms. The van der Waals surface area contributed by atoms with Crippen molar-refractivity contribution in [2.75, 3.05) is 13.2 Å². The van der Waals surface area contributed by atoms with Gasteiger partial charge in [-0.2, -0.15) is 0 Å². The molecule has 0 unspecified atom stereocenters. The Morgan fingerprint density at radius 3 is 2.45 bits per heavy atom. The Kier molecular flexibility index (Phi) is 4.41. The predicted octanol–water partition coefficient (Wildman–Crippen LogP) is 3.73. The molecule has 0 aliphatic carbocycles. The molecule has 3 rings (SSSR count). The molecule has 1 aliphatic heterocycles. The van der Waals surface area contributed by atoms with Gasteiger partial charge < -0.3 is 14.2 Å². The molecule has 0 radical (unpaired) electrons. The molecule has 2 heterocycles. The standard InChI is InChI=1S/C18H21NO3/c1-18(2)12-21-17(22-13-18)15-8-6-14(7-9-15)11-20-16-5-3-4-10-19-16/h3-10,17H,11-13H2,1-2H3. The summed E-state index contributed by atoms with van der Waals surface area (Å²) in [4.78, 5) is 4.14. The van der Waals surface area contributed by atoms with E-state index in [1.54, 1.807) is 6.20 Å². The van der Waals surface area contributed by atoms with E-state index < -0.39 is 0 Å². The number of benzene rings is 1. The first-order chi connectivity index (χ1) is 10.6. The Morgan fingerprint density at radius 2 is 1.82 bits per heavy atom. The molecule has 4 heteroatoms. The van der Waals surface area contributed by atoms with Crippen LogP contribution in [0.4, 0.5) is 0 Å². The minimum Gasteiger partial charge on any atom is -0.473 e. The van der Waals surface area contributed by atoms with Crippen LogP contribution in [0.1, 0.15) is 31.3 Å². The minimum atomic E-state index is -0.265. The largest absolute Gasteiger partial charge is 0.473 e. The maximum Gasteiger partial charge on any atom is 0.213 e. The van der Waals surface area contributed by atoms with Gasteiger partial charge in [-0.15, -0.1) is 0 Å². The van der Waals surface area contributed by atoms with Gasteiger partial charge in [0, 0.05) is 23.2 Å². The lowest BCUT2D eigenvalue weighted by atomic mass is 9.95. The predicted molar refractivity (Wildman–Crippen MR) is 83.4 cm³/mol. The van der Waals surface area contributed by atoms with Crippen LogP contribution in [0.2, 0.25) is 0 Å². The summed E-state index contributed by atoms with van der Waals surface area (Å²) in [6.45, 7) is 6.20. The van der Waals surface area contributed by atoms with Crippen LogP contribution in [0.25, 0.3) is 0 Å². The van der Waals surface area contributed by atoms with Gasteiger partial charge in [0.25, 0.3) is 0 Å². The Bertz CT molecular complexity index is 585. The summed E-state index contributed by atoms with van der Waals surface area (Å²) >= 11 is 0. The van der Waals surface area contributed by atoms with Crippen molar-refractivity contribution >= 4 is 0 Å². The van der Waals surface area contributed by atoms with Crippen molar-refractivity contribution in [1.82, 2.24) is 4.98 Å². The van der Waals surface area contributed by atoms with Gasteiger partial charge in [-0.1, -0.05) is 44.2 Å². The minimum absolute atomic E-state index is 0.0902.